The van der Waals surface area contributed by atoms with Crippen LogP contribution in [-0.2, 0) is 25.5 Å². The molecular weight excluding hydrogens is 442 g/mol. The average molecular weight is 476 g/mol. The Hall–Kier alpha value is -3.38. The van der Waals surface area contributed by atoms with Crippen molar-refractivity contribution in [3.05, 3.63) is 87.8 Å². The van der Waals surface area contributed by atoms with Gasteiger partial charge in [-0.2, -0.15) is 0 Å². The van der Waals surface area contributed by atoms with Gasteiger partial charge in [0.05, 0.1) is 19.3 Å². The average Bonchev–Trinajstić information content (AvgIpc) is 2.88. The number of methoxy groups -OCH3 is 2. The molecule has 0 unspecified atom stereocenters. The summed E-state index contributed by atoms with van der Waals surface area (Å²) in [7, 11) is 3.21. The number of carbonyl (C=O) groups is 2. The Balaban J connectivity index is 1.72. The maximum atomic E-state index is 13.7. The largest absolute Gasteiger partial charge is 0.497 e. The molecule has 0 spiro atoms. The maximum Gasteiger partial charge on any atom is 0.336 e. The van der Waals surface area contributed by atoms with E-state index in [9.17, 15) is 9.59 Å². The van der Waals surface area contributed by atoms with Crippen LogP contribution in [0.4, 0.5) is 0 Å². The van der Waals surface area contributed by atoms with Crippen molar-refractivity contribution in [2.75, 3.05) is 27.4 Å². The smallest absolute Gasteiger partial charge is 0.336 e. The van der Waals surface area contributed by atoms with Crippen molar-refractivity contribution in [1.82, 2.24) is 5.32 Å². The lowest BCUT2D eigenvalue weighted by atomic mass is 9.71. The number of nitrogens with one attached hydrogen (secondary N) is 1. The van der Waals surface area contributed by atoms with Gasteiger partial charge in [-0.25, -0.2) is 4.79 Å². The summed E-state index contributed by atoms with van der Waals surface area (Å²) in [6.07, 6.45) is 2.01. The van der Waals surface area contributed by atoms with Crippen molar-refractivity contribution < 1.29 is 23.8 Å². The molecule has 0 saturated carbocycles. The van der Waals surface area contributed by atoms with Gasteiger partial charge in [0.25, 0.3) is 0 Å². The lowest BCUT2D eigenvalue weighted by Gasteiger charge is -2.36. The number of aryl methyl sites for hydroxylation is 1. The highest BCUT2D eigenvalue weighted by atomic mass is 16.6. The summed E-state index contributed by atoms with van der Waals surface area (Å²) in [6.45, 7) is 4.46. The molecule has 35 heavy (non-hydrogen) atoms. The standard InChI is InChI=1S/C29H33NO5/c1-5-19-6-8-21(9-7-19)27-26(29(32)35-15-14-33-3)18(2)30-24-16-22(17-25(31)28(24)27)20-10-12-23(34-4)13-11-20/h6-13,22,27,30H,5,14-17H2,1-4H3/t22-,27+/m0/s1. The topological polar surface area (TPSA) is 73.9 Å². The summed E-state index contributed by atoms with van der Waals surface area (Å²) in [6, 6.07) is 16.1. The Morgan fingerprint density at radius 3 is 2.29 bits per heavy atom. The normalized spacial score (nSPS) is 19.8. The van der Waals surface area contributed by atoms with Crippen molar-refractivity contribution in [2.45, 2.75) is 44.9 Å². The molecule has 0 fully saturated rings. The zero-order chi connectivity index (χ0) is 24.9. The lowest BCUT2D eigenvalue weighted by molar-refractivity contribution is -0.140. The monoisotopic (exact) mass is 475 g/mol. The Morgan fingerprint density at radius 2 is 1.66 bits per heavy atom. The molecule has 0 aromatic heterocycles. The summed E-state index contributed by atoms with van der Waals surface area (Å²) < 4.78 is 15.8. The summed E-state index contributed by atoms with van der Waals surface area (Å²) >= 11 is 0. The summed E-state index contributed by atoms with van der Waals surface area (Å²) in [5.74, 6) is 0.0203. The van der Waals surface area contributed by atoms with E-state index in [1.165, 1.54) is 5.56 Å². The quantitative estimate of drug-likeness (QED) is 0.436. The van der Waals surface area contributed by atoms with Crippen LogP contribution < -0.4 is 10.1 Å². The molecule has 4 rings (SSSR count). The second kappa shape index (κ2) is 10.9. The fourth-order valence-corrected chi connectivity index (χ4v) is 5.00. The molecule has 1 aliphatic heterocycles. The van der Waals surface area contributed by atoms with E-state index >= 15 is 0 Å². The van der Waals surface area contributed by atoms with Gasteiger partial charge in [-0.1, -0.05) is 43.3 Å². The van der Waals surface area contributed by atoms with Crippen LogP contribution in [0.2, 0.25) is 0 Å². The molecule has 2 atom stereocenters. The molecule has 1 aliphatic carbocycles. The highest BCUT2D eigenvalue weighted by molar-refractivity contribution is 6.04. The van der Waals surface area contributed by atoms with Crippen LogP contribution in [0, 0.1) is 0 Å². The first-order chi connectivity index (χ1) is 17.0. The molecule has 0 amide bonds. The molecule has 0 radical (unpaired) electrons. The molecule has 2 aromatic rings. The predicted molar refractivity (Wildman–Crippen MR) is 134 cm³/mol. The van der Waals surface area contributed by atoms with Crippen LogP contribution in [0.1, 0.15) is 55.2 Å². The van der Waals surface area contributed by atoms with E-state index in [0.29, 0.717) is 30.6 Å². The molecular formula is C29H33NO5. The van der Waals surface area contributed by atoms with Gasteiger partial charge in [-0.05, 0) is 54.5 Å². The minimum absolute atomic E-state index is 0.0545. The molecule has 2 aromatic carbocycles. The minimum atomic E-state index is -0.462. The van der Waals surface area contributed by atoms with E-state index in [1.54, 1.807) is 14.2 Å². The summed E-state index contributed by atoms with van der Waals surface area (Å²) in [4.78, 5) is 26.9. The van der Waals surface area contributed by atoms with Gasteiger partial charge < -0.3 is 19.5 Å². The van der Waals surface area contributed by atoms with Crippen molar-refractivity contribution in [3.8, 4) is 5.75 Å². The van der Waals surface area contributed by atoms with E-state index in [1.807, 2.05) is 43.3 Å². The van der Waals surface area contributed by atoms with Gasteiger partial charge >= 0.3 is 5.97 Å². The van der Waals surface area contributed by atoms with Gasteiger partial charge in [0.1, 0.15) is 12.4 Å². The highest BCUT2D eigenvalue weighted by Gasteiger charge is 2.41. The zero-order valence-electron chi connectivity index (χ0n) is 20.9. The van der Waals surface area contributed by atoms with Crippen molar-refractivity contribution >= 4 is 11.8 Å². The number of ketones is 1. The Bertz CT molecular complexity index is 1140. The van der Waals surface area contributed by atoms with E-state index in [4.69, 9.17) is 14.2 Å². The number of allylic oxidation sites excluding steroid dienone is 3. The SMILES string of the molecule is CCc1ccc([C@@H]2C(C(=O)OCCOC)=C(C)NC3=C2C(=O)C[C@@H](c2ccc(OC)cc2)C3)cc1. The second-order valence-electron chi connectivity index (χ2n) is 9.01. The van der Waals surface area contributed by atoms with Crippen LogP contribution in [-0.4, -0.2) is 39.2 Å². The number of esters is 1. The number of ether oxygens (including phenoxy) is 3. The number of dihydropyridines is 1. The number of carbonyl (C=O) groups excluding carboxylic acids is 2. The van der Waals surface area contributed by atoms with Gasteiger partial charge in [0.2, 0.25) is 0 Å². The fraction of sp³-hybridized carbons (Fsp3) is 0.379. The molecule has 6 heteroatoms. The van der Waals surface area contributed by atoms with E-state index < -0.39 is 11.9 Å². The second-order valence-corrected chi connectivity index (χ2v) is 9.01. The molecule has 6 nitrogen and oxygen atoms in total. The molecule has 0 saturated heterocycles. The third-order valence-corrected chi connectivity index (χ3v) is 6.88. The van der Waals surface area contributed by atoms with Crippen LogP contribution in [0.3, 0.4) is 0 Å². The summed E-state index contributed by atoms with van der Waals surface area (Å²) in [5.41, 5.74) is 5.99. The lowest BCUT2D eigenvalue weighted by Crippen LogP contribution is -2.36. The highest BCUT2D eigenvalue weighted by Crippen LogP contribution is 2.45. The molecule has 184 valence electrons. The van der Waals surface area contributed by atoms with Gasteiger partial charge in [-0.15, -0.1) is 0 Å². The van der Waals surface area contributed by atoms with E-state index in [-0.39, 0.29) is 18.3 Å². The minimum Gasteiger partial charge on any atom is -0.497 e. The van der Waals surface area contributed by atoms with E-state index in [0.717, 1.165) is 34.7 Å². The molecule has 1 N–H and O–H groups in total. The van der Waals surface area contributed by atoms with E-state index in [2.05, 4.69) is 24.4 Å². The predicted octanol–water partition coefficient (Wildman–Crippen LogP) is 4.81. The number of rotatable bonds is 8. The number of hydrogen-bond donors (Lipinski definition) is 1. The van der Waals surface area contributed by atoms with Crippen LogP contribution >= 0.6 is 0 Å². The number of benzene rings is 2. The van der Waals surface area contributed by atoms with Crippen molar-refractivity contribution in [2.24, 2.45) is 0 Å². The van der Waals surface area contributed by atoms with Crippen LogP contribution in [0.25, 0.3) is 0 Å². The van der Waals surface area contributed by atoms with Gasteiger partial charge in [0.15, 0.2) is 5.78 Å². The van der Waals surface area contributed by atoms with Crippen molar-refractivity contribution in [3.63, 3.8) is 0 Å². The fourth-order valence-electron chi connectivity index (χ4n) is 5.00. The Morgan fingerprint density at radius 1 is 0.971 bits per heavy atom. The molecule has 2 aliphatic rings. The Labute approximate surface area is 207 Å². The van der Waals surface area contributed by atoms with Gasteiger partial charge in [0, 0.05) is 36.4 Å². The Kier molecular flexibility index (Phi) is 7.71. The van der Waals surface area contributed by atoms with Crippen LogP contribution in [0.5, 0.6) is 5.75 Å². The summed E-state index contributed by atoms with van der Waals surface area (Å²) in [5, 5.41) is 3.40. The zero-order valence-corrected chi connectivity index (χ0v) is 20.9. The number of Topliss-reactive ketones (excluding diaryl/α,β-unsaturated/α-hetero) is 1. The molecule has 0 bridgehead atoms. The van der Waals surface area contributed by atoms with Crippen molar-refractivity contribution in [1.29, 1.82) is 0 Å². The first kappa shape index (κ1) is 24.7. The first-order valence-electron chi connectivity index (χ1n) is 12.1. The maximum absolute atomic E-state index is 13.7. The van der Waals surface area contributed by atoms with Crippen LogP contribution in [0.15, 0.2) is 71.1 Å². The van der Waals surface area contributed by atoms with Gasteiger partial charge in [-0.3, -0.25) is 4.79 Å². The third-order valence-electron chi connectivity index (χ3n) is 6.88. The third kappa shape index (κ3) is 5.17. The molecule has 1 heterocycles. The number of hydrogen-bond acceptors (Lipinski definition) is 6. The first-order valence-corrected chi connectivity index (χ1v) is 12.1.